The zero-order chi connectivity index (χ0) is 11.8. The summed E-state index contributed by atoms with van der Waals surface area (Å²) in [6, 6.07) is 9.12. The van der Waals surface area contributed by atoms with Crippen LogP contribution in [0.3, 0.4) is 0 Å². The molecule has 4 nitrogen and oxygen atoms in total. The number of nitrogens with one attached hydrogen (secondary N) is 1. The summed E-state index contributed by atoms with van der Waals surface area (Å²) in [7, 11) is 0. The van der Waals surface area contributed by atoms with Crippen LogP contribution in [0.4, 0.5) is 11.5 Å². The lowest BCUT2D eigenvalue weighted by atomic mass is 10.1. The highest BCUT2D eigenvalue weighted by Crippen LogP contribution is 2.31. The number of nitrogens with zero attached hydrogens (tertiary/aromatic N) is 2. The standard InChI is InChI=1S/C12H10IN3O/c13-16-6-5-10-12(16)15-11(7-14-10)8-1-3-9(17)4-2-8/h1-6,14,17H,7H2. The van der Waals surface area contributed by atoms with E-state index < -0.39 is 0 Å². The van der Waals surface area contributed by atoms with Gasteiger partial charge in [-0.3, -0.25) is 2.78 Å². The summed E-state index contributed by atoms with van der Waals surface area (Å²) in [5.74, 6) is 1.20. The lowest BCUT2D eigenvalue weighted by molar-refractivity contribution is 0.475. The largest absolute Gasteiger partial charge is 0.508 e. The first-order valence-corrected chi connectivity index (χ1v) is 6.19. The lowest BCUT2D eigenvalue weighted by Crippen LogP contribution is -2.18. The number of phenolic OH excluding ortho intramolecular Hbond substituents is 1. The second kappa shape index (κ2) is 4.06. The van der Waals surface area contributed by atoms with Crippen LogP contribution in [0.15, 0.2) is 41.5 Å². The molecule has 1 aliphatic heterocycles. The Labute approximate surface area is 112 Å². The number of halogens is 1. The average molecular weight is 339 g/mol. The van der Waals surface area contributed by atoms with Crippen molar-refractivity contribution in [1.82, 2.24) is 2.78 Å². The summed E-state index contributed by atoms with van der Waals surface area (Å²) >= 11 is 2.20. The number of rotatable bonds is 1. The van der Waals surface area contributed by atoms with Crippen molar-refractivity contribution in [2.24, 2.45) is 4.99 Å². The number of anilines is 1. The summed E-state index contributed by atoms with van der Waals surface area (Å²) in [5, 5.41) is 12.6. The third-order valence-corrected chi connectivity index (χ3v) is 3.48. The van der Waals surface area contributed by atoms with Crippen LogP contribution in [0.25, 0.3) is 0 Å². The zero-order valence-corrected chi connectivity index (χ0v) is 11.0. The second-order valence-electron chi connectivity index (χ2n) is 3.82. The molecule has 3 rings (SSSR count). The molecule has 0 bridgehead atoms. The Balaban J connectivity index is 2.03. The molecule has 1 aromatic heterocycles. The van der Waals surface area contributed by atoms with E-state index in [2.05, 4.69) is 33.2 Å². The molecule has 86 valence electrons. The van der Waals surface area contributed by atoms with Crippen LogP contribution in [-0.2, 0) is 0 Å². The van der Waals surface area contributed by atoms with E-state index in [1.54, 1.807) is 12.1 Å². The van der Waals surface area contributed by atoms with Crippen LogP contribution < -0.4 is 5.32 Å². The van der Waals surface area contributed by atoms with Crippen molar-refractivity contribution in [3.8, 4) is 5.75 Å². The monoisotopic (exact) mass is 339 g/mol. The van der Waals surface area contributed by atoms with E-state index >= 15 is 0 Å². The predicted octanol–water partition coefficient (Wildman–Crippen LogP) is 2.94. The van der Waals surface area contributed by atoms with Crippen molar-refractivity contribution in [3.05, 3.63) is 42.1 Å². The minimum Gasteiger partial charge on any atom is -0.508 e. The molecular weight excluding hydrogens is 329 g/mol. The Hall–Kier alpha value is -1.50. The summed E-state index contributed by atoms with van der Waals surface area (Å²) in [6.45, 7) is 0.707. The minimum atomic E-state index is 0.274. The highest BCUT2D eigenvalue weighted by atomic mass is 127. The van der Waals surface area contributed by atoms with Gasteiger partial charge in [-0.25, -0.2) is 4.99 Å². The van der Waals surface area contributed by atoms with Crippen molar-refractivity contribution in [3.63, 3.8) is 0 Å². The normalized spacial score (nSPS) is 13.8. The third kappa shape index (κ3) is 1.90. The van der Waals surface area contributed by atoms with Crippen LogP contribution in [-0.4, -0.2) is 20.1 Å². The van der Waals surface area contributed by atoms with E-state index in [0.29, 0.717) is 6.54 Å². The first-order chi connectivity index (χ1) is 8.24. The van der Waals surface area contributed by atoms with Gasteiger partial charge in [-0.1, -0.05) is 0 Å². The molecule has 0 unspecified atom stereocenters. The van der Waals surface area contributed by atoms with Crippen molar-refractivity contribution < 1.29 is 5.11 Å². The topological polar surface area (TPSA) is 49.6 Å². The maximum Gasteiger partial charge on any atom is 0.165 e. The van der Waals surface area contributed by atoms with Gasteiger partial charge in [-0.2, -0.15) is 0 Å². The van der Waals surface area contributed by atoms with Crippen molar-refractivity contribution in [2.45, 2.75) is 0 Å². The van der Waals surface area contributed by atoms with Crippen LogP contribution in [0.1, 0.15) is 5.56 Å². The number of aromatic hydroxyl groups is 1. The fourth-order valence-electron chi connectivity index (χ4n) is 1.81. The highest BCUT2D eigenvalue weighted by Gasteiger charge is 2.15. The molecule has 0 saturated carbocycles. The molecular formula is C12H10IN3O. The van der Waals surface area contributed by atoms with Gasteiger partial charge in [-0.05, 0) is 35.9 Å². The van der Waals surface area contributed by atoms with E-state index in [1.807, 2.05) is 27.2 Å². The summed E-state index contributed by atoms with van der Waals surface area (Å²) in [6.07, 6.45) is 1.97. The highest BCUT2D eigenvalue weighted by molar-refractivity contribution is 14.1. The summed E-state index contributed by atoms with van der Waals surface area (Å²) < 4.78 is 1.96. The quantitative estimate of drug-likeness (QED) is 0.785. The minimum absolute atomic E-state index is 0.274. The maximum absolute atomic E-state index is 9.26. The molecule has 0 fully saturated rings. The molecule has 0 radical (unpaired) electrons. The van der Waals surface area contributed by atoms with Gasteiger partial charge in [-0.15, -0.1) is 0 Å². The molecule has 0 saturated heterocycles. The molecule has 0 atom stereocenters. The van der Waals surface area contributed by atoms with Gasteiger partial charge in [0.15, 0.2) is 5.82 Å². The smallest absolute Gasteiger partial charge is 0.165 e. The van der Waals surface area contributed by atoms with E-state index in [1.165, 1.54) is 0 Å². The van der Waals surface area contributed by atoms with Crippen LogP contribution in [0.5, 0.6) is 5.75 Å². The Morgan fingerprint density at radius 1 is 1.24 bits per heavy atom. The van der Waals surface area contributed by atoms with Crippen molar-refractivity contribution >= 4 is 40.1 Å². The molecule has 0 amide bonds. The SMILES string of the molecule is Oc1ccc(C2=Nc3c(ccn3I)NC2)cc1. The number of benzene rings is 1. The van der Waals surface area contributed by atoms with Crippen LogP contribution in [0.2, 0.25) is 0 Å². The van der Waals surface area contributed by atoms with E-state index in [0.717, 1.165) is 22.8 Å². The first-order valence-electron chi connectivity index (χ1n) is 5.22. The van der Waals surface area contributed by atoms with Crippen LogP contribution >= 0.6 is 22.9 Å². The summed E-state index contributed by atoms with van der Waals surface area (Å²) in [5.41, 5.74) is 3.06. The molecule has 0 spiro atoms. The van der Waals surface area contributed by atoms with Crippen molar-refractivity contribution in [1.29, 1.82) is 0 Å². The van der Waals surface area contributed by atoms with Crippen LogP contribution in [0, 0.1) is 0 Å². The molecule has 1 aromatic carbocycles. The van der Waals surface area contributed by atoms with Gasteiger partial charge < -0.3 is 10.4 Å². The van der Waals surface area contributed by atoms with Gasteiger partial charge >= 0.3 is 0 Å². The molecule has 17 heavy (non-hydrogen) atoms. The number of hydrogen-bond donors (Lipinski definition) is 2. The molecule has 0 aliphatic carbocycles. The number of aromatic nitrogens is 1. The molecule has 5 heteroatoms. The fraction of sp³-hybridized carbons (Fsp3) is 0.0833. The number of fused-ring (bicyclic) bond motifs is 1. The average Bonchev–Trinajstić information content (AvgIpc) is 2.72. The molecule has 1 aliphatic rings. The van der Waals surface area contributed by atoms with Gasteiger partial charge in [0, 0.05) is 6.20 Å². The Kier molecular flexibility index (Phi) is 2.54. The molecule has 2 heterocycles. The van der Waals surface area contributed by atoms with Gasteiger partial charge in [0.25, 0.3) is 0 Å². The van der Waals surface area contributed by atoms with E-state index in [-0.39, 0.29) is 5.75 Å². The predicted molar refractivity (Wildman–Crippen MR) is 76.6 cm³/mol. The third-order valence-electron chi connectivity index (χ3n) is 2.70. The maximum atomic E-state index is 9.26. The zero-order valence-electron chi connectivity index (χ0n) is 8.89. The lowest BCUT2D eigenvalue weighted by Gasteiger charge is -2.15. The fourth-order valence-corrected chi connectivity index (χ4v) is 2.34. The Bertz CT molecular complexity index is 586. The molecule has 2 aromatic rings. The Morgan fingerprint density at radius 3 is 2.76 bits per heavy atom. The van der Waals surface area contributed by atoms with E-state index in [4.69, 9.17) is 0 Å². The number of aliphatic imine (C=N–C) groups is 1. The van der Waals surface area contributed by atoms with Gasteiger partial charge in [0.2, 0.25) is 0 Å². The van der Waals surface area contributed by atoms with Gasteiger partial charge in [0.1, 0.15) is 5.75 Å². The van der Waals surface area contributed by atoms with E-state index in [9.17, 15) is 5.11 Å². The molecule has 2 N–H and O–H groups in total. The number of phenols is 1. The van der Waals surface area contributed by atoms with Crippen molar-refractivity contribution in [2.75, 3.05) is 11.9 Å². The summed E-state index contributed by atoms with van der Waals surface area (Å²) in [4.78, 5) is 4.63. The Morgan fingerprint density at radius 2 is 2.00 bits per heavy atom. The second-order valence-corrected chi connectivity index (χ2v) is 4.86. The number of hydrogen-bond acceptors (Lipinski definition) is 3. The first kappa shape index (κ1) is 10.6. The van der Waals surface area contributed by atoms with Gasteiger partial charge in [0.05, 0.1) is 40.8 Å².